The third-order valence-corrected chi connectivity index (χ3v) is 4.37. The Kier molecular flexibility index (Phi) is 5.08. The standard InChI is InChI=1S/C19H23N3O2/c1-3-24-19(23)16-10-7-11-22(13-16)18-14(2)12-17(20-21-18)15-8-5-4-6-9-15/h4-6,8-9,12,16H,3,7,10-11,13H2,1-2H3/t16-/m1/s1. The molecule has 126 valence electrons. The number of aromatic nitrogens is 2. The Labute approximate surface area is 142 Å². The number of esters is 1. The second-order valence-electron chi connectivity index (χ2n) is 6.14. The summed E-state index contributed by atoms with van der Waals surface area (Å²) in [5.74, 6) is 0.686. The fourth-order valence-corrected chi connectivity index (χ4v) is 3.16. The number of piperidine rings is 1. The number of rotatable bonds is 4. The molecule has 5 heteroatoms. The number of nitrogens with zero attached hydrogens (tertiary/aromatic N) is 3. The third kappa shape index (κ3) is 3.55. The second kappa shape index (κ2) is 7.43. The molecule has 0 spiro atoms. The molecule has 1 aromatic heterocycles. The fraction of sp³-hybridized carbons (Fsp3) is 0.421. The summed E-state index contributed by atoms with van der Waals surface area (Å²) in [5.41, 5.74) is 3.01. The number of benzene rings is 1. The largest absolute Gasteiger partial charge is 0.466 e. The van der Waals surface area contributed by atoms with Gasteiger partial charge < -0.3 is 9.64 Å². The smallest absolute Gasteiger partial charge is 0.310 e. The van der Waals surface area contributed by atoms with Crippen molar-refractivity contribution in [3.63, 3.8) is 0 Å². The number of carbonyl (C=O) groups excluding carboxylic acids is 1. The van der Waals surface area contributed by atoms with Crippen molar-refractivity contribution >= 4 is 11.8 Å². The van der Waals surface area contributed by atoms with Gasteiger partial charge in [0.1, 0.15) is 0 Å². The quantitative estimate of drug-likeness (QED) is 0.808. The number of hydrogen-bond donors (Lipinski definition) is 0. The molecular weight excluding hydrogens is 302 g/mol. The topological polar surface area (TPSA) is 55.3 Å². The van der Waals surface area contributed by atoms with E-state index in [0.717, 1.165) is 42.0 Å². The van der Waals surface area contributed by atoms with Gasteiger partial charge in [0.15, 0.2) is 5.82 Å². The first kappa shape index (κ1) is 16.4. The molecule has 1 atom stereocenters. The highest BCUT2D eigenvalue weighted by Gasteiger charge is 2.28. The van der Waals surface area contributed by atoms with E-state index in [1.165, 1.54) is 0 Å². The molecule has 5 nitrogen and oxygen atoms in total. The van der Waals surface area contributed by atoms with E-state index in [-0.39, 0.29) is 11.9 Å². The summed E-state index contributed by atoms with van der Waals surface area (Å²) < 4.78 is 5.17. The molecule has 0 radical (unpaired) electrons. The van der Waals surface area contributed by atoms with Crippen LogP contribution in [0.4, 0.5) is 5.82 Å². The Morgan fingerprint density at radius 1 is 1.29 bits per heavy atom. The Morgan fingerprint density at radius 3 is 2.79 bits per heavy atom. The molecule has 1 aliphatic heterocycles. The van der Waals surface area contributed by atoms with Crippen LogP contribution in [0.3, 0.4) is 0 Å². The average Bonchev–Trinajstić information content (AvgIpc) is 2.62. The van der Waals surface area contributed by atoms with Crippen LogP contribution in [0.25, 0.3) is 11.3 Å². The van der Waals surface area contributed by atoms with E-state index in [1.807, 2.05) is 44.2 Å². The zero-order valence-electron chi connectivity index (χ0n) is 14.2. The van der Waals surface area contributed by atoms with Crippen LogP contribution in [0, 0.1) is 12.8 Å². The molecule has 0 N–H and O–H groups in total. The van der Waals surface area contributed by atoms with Crippen LogP contribution >= 0.6 is 0 Å². The summed E-state index contributed by atoms with van der Waals surface area (Å²) >= 11 is 0. The molecule has 24 heavy (non-hydrogen) atoms. The number of ether oxygens (including phenoxy) is 1. The monoisotopic (exact) mass is 325 g/mol. The minimum atomic E-state index is -0.103. The highest BCUT2D eigenvalue weighted by Crippen LogP contribution is 2.27. The zero-order chi connectivity index (χ0) is 16.9. The molecular formula is C19H23N3O2. The first-order valence-electron chi connectivity index (χ1n) is 8.50. The van der Waals surface area contributed by atoms with Crippen LogP contribution in [-0.2, 0) is 9.53 Å². The van der Waals surface area contributed by atoms with Gasteiger partial charge in [-0.05, 0) is 38.3 Å². The number of carbonyl (C=O) groups is 1. The SMILES string of the molecule is CCOC(=O)[C@@H]1CCCN(c2nnc(-c3ccccc3)cc2C)C1. The van der Waals surface area contributed by atoms with Gasteiger partial charge in [-0.15, -0.1) is 10.2 Å². The fourth-order valence-electron chi connectivity index (χ4n) is 3.16. The maximum absolute atomic E-state index is 12.0. The maximum atomic E-state index is 12.0. The summed E-state index contributed by atoms with van der Waals surface area (Å²) in [7, 11) is 0. The third-order valence-electron chi connectivity index (χ3n) is 4.37. The molecule has 0 aliphatic carbocycles. The molecule has 1 saturated heterocycles. The molecule has 0 unspecified atom stereocenters. The van der Waals surface area contributed by atoms with Crippen LogP contribution in [0.2, 0.25) is 0 Å². The Hall–Kier alpha value is -2.43. The minimum absolute atomic E-state index is 0.0753. The van der Waals surface area contributed by atoms with Crippen molar-refractivity contribution in [2.24, 2.45) is 5.92 Å². The highest BCUT2D eigenvalue weighted by atomic mass is 16.5. The lowest BCUT2D eigenvalue weighted by molar-refractivity contribution is -0.148. The summed E-state index contributed by atoms with van der Waals surface area (Å²) in [6, 6.07) is 12.1. The molecule has 1 aromatic carbocycles. The second-order valence-corrected chi connectivity index (χ2v) is 6.14. The van der Waals surface area contributed by atoms with Crippen LogP contribution in [0.15, 0.2) is 36.4 Å². The average molecular weight is 325 g/mol. The van der Waals surface area contributed by atoms with Crippen LogP contribution in [0.1, 0.15) is 25.3 Å². The summed E-state index contributed by atoms with van der Waals surface area (Å²) in [6.45, 7) is 5.87. The van der Waals surface area contributed by atoms with Crippen LogP contribution in [0.5, 0.6) is 0 Å². The molecule has 3 rings (SSSR count). The van der Waals surface area contributed by atoms with Crippen molar-refractivity contribution in [2.75, 3.05) is 24.6 Å². The van der Waals surface area contributed by atoms with Gasteiger partial charge >= 0.3 is 5.97 Å². The Balaban J connectivity index is 1.78. The predicted molar refractivity (Wildman–Crippen MR) is 93.8 cm³/mol. The first-order valence-corrected chi connectivity index (χ1v) is 8.50. The van der Waals surface area contributed by atoms with Crippen molar-refractivity contribution in [1.29, 1.82) is 0 Å². The van der Waals surface area contributed by atoms with Crippen molar-refractivity contribution in [3.8, 4) is 11.3 Å². The number of anilines is 1. The zero-order valence-corrected chi connectivity index (χ0v) is 14.2. The van der Waals surface area contributed by atoms with Gasteiger partial charge in [0.2, 0.25) is 0 Å². The molecule has 0 saturated carbocycles. The number of hydrogen-bond acceptors (Lipinski definition) is 5. The molecule has 0 amide bonds. The van der Waals surface area contributed by atoms with Gasteiger partial charge in [-0.1, -0.05) is 30.3 Å². The molecule has 2 aromatic rings. The molecule has 0 bridgehead atoms. The lowest BCUT2D eigenvalue weighted by atomic mass is 9.98. The van der Waals surface area contributed by atoms with Gasteiger partial charge in [0, 0.05) is 18.7 Å². The van der Waals surface area contributed by atoms with E-state index in [4.69, 9.17) is 4.74 Å². The molecule has 2 heterocycles. The highest BCUT2D eigenvalue weighted by molar-refractivity contribution is 5.73. The first-order chi connectivity index (χ1) is 11.7. The molecule has 1 aliphatic rings. The van der Waals surface area contributed by atoms with E-state index < -0.39 is 0 Å². The lowest BCUT2D eigenvalue weighted by Crippen LogP contribution is -2.40. The normalized spacial score (nSPS) is 17.6. The van der Waals surface area contributed by atoms with Gasteiger partial charge in [-0.3, -0.25) is 4.79 Å². The van der Waals surface area contributed by atoms with E-state index in [0.29, 0.717) is 13.2 Å². The van der Waals surface area contributed by atoms with Gasteiger partial charge in [0.25, 0.3) is 0 Å². The minimum Gasteiger partial charge on any atom is -0.466 e. The van der Waals surface area contributed by atoms with Crippen LogP contribution < -0.4 is 4.90 Å². The van der Waals surface area contributed by atoms with Crippen molar-refractivity contribution in [2.45, 2.75) is 26.7 Å². The van der Waals surface area contributed by atoms with Crippen molar-refractivity contribution in [1.82, 2.24) is 10.2 Å². The molecule has 1 fully saturated rings. The van der Waals surface area contributed by atoms with E-state index in [1.54, 1.807) is 0 Å². The summed E-state index contributed by atoms with van der Waals surface area (Å²) in [6.07, 6.45) is 1.84. The Bertz CT molecular complexity index is 703. The number of aryl methyl sites for hydroxylation is 1. The lowest BCUT2D eigenvalue weighted by Gasteiger charge is -2.32. The summed E-state index contributed by atoms with van der Waals surface area (Å²) in [5, 5.41) is 8.83. The summed E-state index contributed by atoms with van der Waals surface area (Å²) in [4.78, 5) is 14.2. The van der Waals surface area contributed by atoms with Gasteiger partial charge in [0.05, 0.1) is 18.2 Å². The van der Waals surface area contributed by atoms with Crippen molar-refractivity contribution < 1.29 is 9.53 Å². The van der Waals surface area contributed by atoms with Gasteiger partial charge in [-0.25, -0.2) is 0 Å². The van der Waals surface area contributed by atoms with Crippen molar-refractivity contribution in [3.05, 3.63) is 42.0 Å². The van der Waals surface area contributed by atoms with Gasteiger partial charge in [-0.2, -0.15) is 0 Å². The van der Waals surface area contributed by atoms with E-state index in [9.17, 15) is 4.79 Å². The van der Waals surface area contributed by atoms with E-state index >= 15 is 0 Å². The maximum Gasteiger partial charge on any atom is 0.310 e. The van der Waals surface area contributed by atoms with E-state index in [2.05, 4.69) is 21.2 Å². The van der Waals surface area contributed by atoms with Crippen LogP contribution in [-0.4, -0.2) is 35.9 Å². The Morgan fingerprint density at radius 2 is 2.08 bits per heavy atom. The predicted octanol–water partition coefficient (Wildman–Crippen LogP) is 3.23.